The van der Waals surface area contributed by atoms with Crippen LogP contribution >= 0.6 is 23.2 Å². The molecular formula is C62H86Cl2FN5O14. The van der Waals surface area contributed by atoms with Crippen molar-refractivity contribution in [2.24, 2.45) is 29.4 Å². The number of carbonyl (C=O) groups excluding carboxylic acids is 8. The molecule has 0 saturated carbocycles. The van der Waals surface area contributed by atoms with Gasteiger partial charge in [0.1, 0.15) is 57.7 Å². The van der Waals surface area contributed by atoms with Crippen molar-refractivity contribution >= 4 is 81.8 Å². The van der Waals surface area contributed by atoms with Crippen LogP contribution in [0.25, 0.3) is 0 Å². The largest absolute Gasteiger partial charge is 0.495 e. The summed E-state index contributed by atoms with van der Waals surface area (Å²) in [5.41, 5.74) is 3.67. The van der Waals surface area contributed by atoms with Crippen molar-refractivity contribution in [3.63, 3.8) is 0 Å². The molecule has 2 fully saturated rings. The molecule has 2 aromatic carbocycles. The summed E-state index contributed by atoms with van der Waals surface area (Å²) in [6.07, 6.45) is 4.61. The van der Waals surface area contributed by atoms with E-state index in [-0.39, 0.29) is 89.8 Å². The number of ether oxygens (including phenoxy) is 5. The second-order valence-electron chi connectivity index (χ2n) is 23.2. The Bertz CT molecular complexity index is 2770. The minimum absolute atomic E-state index is 0.0245. The summed E-state index contributed by atoms with van der Waals surface area (Å²) < 4.78 is 45.7. The van der Waals surface area contributed by atoms with Crippen molar-refractivity contribution in [3.05, 3.63) is 75.1 Å². The van der Waals surface area contributed by atoms with Gasteiger partial charge in [0.05, 0.1) is 48.5 Å². The summed E-state index contributed by atoms with van der Waals surface area (Å²) in [5, 5.41) is 19.6. The average molecular weight is 1220 g/mol. The number of fused-ring (bicyclic) bond motifs is 5. The lowest BCUT2D eigenvalue weighted by Crippen LogP contribution is -2.53. The first-order valence-corrected chi connectivity index (χ1v) is 29.9. The van der Waals surface area contributed by atoms with Crippen LogP contribution in [-0.2, 0) is 60.6 Å². The molecule has 0 aliphatic carbocycles. The predicted octanol–water partition coefficient (Wildman–Crippen LogP) is 10.0. The molecule has 5 rings (SSSR count). The number of allylic oxidation sites excluding steroid dienone is 3. The number of esters is 1. The molecule has 464 valence electrons. The number of amides is 5. The SMILES string of the molecule is CCC(CC)C(=O)CCCCCCC(=O)C[C@H](C(=O)N[C@@H](CCCNC(N)=O)C(=O)Cc1cc(Cl)c(NC(=O)O[C@H]2CC(=O)N(C)c3cc(cc(OC)c3Cl)C/C(C)=C/C=C/[C@@H](OC)[C@]3(O)CC(=O)O[C@@H](C3)[C@@H](C)[C@@H]3O[C@@]23C)cc1F)C(C)C. The summed E-state index contributed by atoms with van der Waals surface area (Å²) in [6, 6.07) is 3.57. The van der Waals surface area contributed by atoms with Gasteiger partial charge in [0.15, 0.2) is 5.78 Å². The van der Waals surface area contributed by atoms with Gasteiger partial charge < -0.3 is 50.1 Å². The molecule has 0 unspecified atom stereocenters. The number of rotatable bonds is 26. The van der Waals surface area contributed by atoms with E-state index in [2.05, 4.69) is 16.0 Å². The number of anilines is 2. The summed E-state index contributed by atoms with van der Waals surface area (Å²) in [7, 11) is 4.38. The van der Waals surface area contributed by atoms with Crippen LogP contribution in [0.3, 0.4) is 0 Å². The minimum Gasteiger partial charge on any atom is -0.495 e. The maximum absolute atomic E-state index is 16.2. The van der Waals surface area contributed by atoms with Gasteiger partial charge in [0.2, 0.25) is 11.8 Å². The van der Waals surface area contributed by atoms with Crippen LogP contribution in [0, 0.1) is 29.5 Å². The van der Waals surface area contributed by atoms with Gasteiger partial charge in [-0.3, -0.25) is 34.1 Å². The third-order valence-corrected chi connectivity index (χ3v) is 17.2. The Morgan fingerprint density at radius 3 is 2.31 bits per heavy atom. The normalized spacial score (nSPS) is 24.4. The topological polar surface area (TPSA) is 272 Å². The van der Waals surface area contributed by atoms with Crippen LogP contribution in [0.4, 0.5) is 25.4 Å². The second-order valence-corrected chi connectivity index (χ2v) is 24.0. The average Bonchev–Trinajstić information content (AvgIpc) is 1.83. The molecule has 4 bridgehead atoms. The number of methoxy groups -OCH3 is 2. The number of hydrogen-bond donors (Lipinski definition) is 5. The Labute approximate surface area is 503 Å². The number of nitrogens with zero attached hydrogens (tertiary/aromatic N) is 1. The third kappa shape index (κ3) is 18.8. The molecule has 0 spiro atoms. The van der Waals surface area contributed by atoms with Crippen molar-refractivity contribution in [2.75, 3.05) is 38.0 Å². The highest BCUT2D eigenvalue weighted by atomic mass is 35.5. The number of nitrogens with one attached hydrogen (secondary N) is 3. The molecule has 3 aliphatic rings. The van der Waals surface area contributed by atoms with E-state index < -0.39 is 108 Å². The van der Waals surface area contributed by atoms with E-state index in [4.69, 9.17) is 52.6 Å². The molecule has 9 atom stereocenters. The summed E-state index contributed by atoms with van der Waals surface area (Å²) in [6.45, 7) is 13.0. The fourth-order valence-electron chi connectivity index (χ4n) is 11.3. The van der Waals surface area contributed by atoms with Gasteiger partial charge in [-0.15, -0.1) is 0 Å². The highest BCUT2D eigenvalue weighted by molar-refractivity contribution is 6.35. The van der Waals surface area contributed by atoms with Gasteiger partial charge >= 0.3 is 18.1 Å². The number of hydrogen-bond acceptors (Lipinski definition) is 14. The maximum atomic E-state index is 16.2. The standard InChI is InChI=1S/C62H86Cl2FN5O14/c1-11-39(12-2)48(72)22-16-14-13-15-20-41(71)30-42(35(3)4)58(76)68-45(21-18-24-67-59(66)77)49(73)29-40-28-43(63)46(31-44(40)65)69-60(78)83-53-32-54(74)70(8)47-26-38(27-50(80-9)56(47)64)25-36(5)19-17-23-52(81-10)62(79)33-51(82-55(75)34-62)37(6)57-61(53,7)84-57/h17,19,23,26-28,31,35,37,39,42,45,51-53,57,79H,11-16,18,20-22,24-25,29-30,32-34H2,1-10H3,(H,68,76)(H,69,78)(H3,66,67,77)/b23-17+,36-19+/t37-,42+,45+,51+,52-,53+,57+,61+,62-/m1/s1. The Hall–Kier alpha value is -5.93. The van der Waals surface area contributed by atoms with E-state index in [1.165, 1.54) is 26.2 Å². The van der Waals surface area contributed by atoms with Crippen LogP contribution in [-0.4, -0.2) is 122 Å². The summed E-state index contributed by atoms with van der Waals surface area (Å²) in [4.78, 5) is 108. The molecule has 2 aromatic rings. The minimum atomic E-state index is -1.68. The van der Waals surface area contributed by atoms with E-state index in [0.29, 0.717) is 30.7 Å². The number of halogens is 3. The Kier molecular flexibility index (Phi) is 25.8. The number of ketones is 3. The van der Waals surface area contributed by atoms with E-state index >= 15 is 4.39 Å². The van der Waals surface area contributed by atoms with Crippen LogP contribution in [0.15, 0.2) is 48.1 Å². The first-order chi connectivity index (χ1) is 39.7. The second kappa shape index (κ2) is 31.5. The van der Waals surface area contributed by atoms with Crippen LogP contribution in [0.2, 0.25) is 10.0 Å². The molecule has 0 radical (unpaired) electrons. The molecule has 84 heavy (non-hydrogen) atoms. The predicted molar refractivity (Wildman–Crippen MR) is 317 cm³/mol. The number of benzene rings is 2. The highest BCUT2D eigenvalue weighted by Gasteiger charge is 2.64. The molecule has 3 aliphatic heterocycles. The molecule has 22 heteroatoms. The van der Waals surface area contributed by atoms with E-state index in [0.717, 1.165) is 55.4 Å². The summed E-state index contributed by atoms with van der Waals surface area (Å²) >= 11 is 13.5. The van der Waals surface area contributed by atoms with E-state index in [9.17, 15) is 43.5 Å². The van der Waals surface area contributed by atoms with Gasteiger partial charge in [-0.05, 0) is 100 Å². The number of unbranched alkanes of at least 4 members (excludes halogenated alkanes) is 3. The molecule has 5 amide bonds. The number of epoxide rings is 1. The molecular weight excluding hydrogens is 1130 g/mol. The van der Waals surface area contributed by atoms with Gasteiger partial charge in [-0.1, -0.05) is 94.5 Å². The van der Waals surface area contributed by atoms with Crippen molar-refractivity contribution < 1.29 is 71.5 Å². The lowest BCUT2D eigenvalue weighted by molar-refractivity contribution is -0.187. The lowest BCUT2D eigenvalue weighted by Gasteiger charge is -2.41. The zero-order chi connectivity index (χ0) is 62.2. The van der Waals surface area contributed by atoms with Crippen molar-refractivity contribution in [1.29, 1.82) is 0 Å². The van der Waals surface area contributed by atoms with E-state index in [1.807, 2.05) is 26.8 Å². The number of carbonyl (C=O) groups is 8. The first-order valence-electron chi connectivity index (χ1n) is 29.1. The Morgan fingerprint density at radius 1 is 0.976 bits per heavy atom. The lowest BCUT2D eigenvalue weighted by atomic mass is 9.78. The molecule has 19 nitrogen and oxygen atoms in total. The number of urea groups is 1. The van der Waals surface area contributed by atoms with Crippen molar-refractivity contribution in [1.82, 2.24) is 10.6 Å². The Balaban J connectivity index is 1.34. The van der Waals surface area contributed by atoms with Crippen LogP contribution < -0.4 is 31.3 Å². The summed E-state index contributed by atoms with van der Waals surface area (Å²) in [5.74, 6) is -4.47. The molecule has 3 heterocycles. The maximum Gasteiger partial charge on any atom is 0.412 e. The number of nitrogens with two attached hydrogens (primary N) is 1. The number of aliphatic hydroxyl groups is 1. The fraction of sp³-hybridized carbons (Fsp3) is 0.613. The van der Waals surface area contributed by atoms with Gasteiger partial charge in [-0.2, -0.15) is 0 Å². The van der Waals surface area contributed by atoms with Crippen LogP contribution in [0.5, 0.6) is 5.75 Å². The van der Waals surface area contributed by atoms with Crippen molar-refractivity contribution in [2.45, 2.75) is 193 Å². The quantitative estimate of drug-likeness (QED) is 0.0333. The van der Waals surface area contributed by atoms with Gasteiger partial charge in [0.25, 0.3) is 0 Å². The number of Topliss-reactive ketones (excluding diaryl/α,β-unsaturated/α-hetero) is 3. The number of primary amides is 1. The van der Waals surface area contributed by atoms with Crippen LogP contribution in [0.1, 0.15) is 149 Å². The smallest absolute Gasteiger partial charge is 0.412 e. The highest BCUT2D eigenvalue weighted by Crippen LogP contribution is 2.50. The Morgan fingerprint density at radius 2 is 1.67 bits per heavy atom. The zero-order valence-corrected chi connectivity index (χ0v) is 51.7. The van der Waals surface area contributed by atoms with Crippen molar-refractivity contribution in [3.8, 4) is 5.75 Å². The molecule has 6 N–H and O–H groups in total. The van der Waals surface area contributed by atoms with Gasteiger partial charge in [0, 0.05) is 70.6 Å². The fourth-order valence-corrected chi connectivity index (χ4v) is 11.8. The zero-order valence-electron chi connectivity index (χ0n) is 50.2. The van der Waals surface area contributed by atoms with E-state index in [1.54, 1.807) is 52.0 Å². The molecule has 2 saturated heterocycles. The first kappa shape index (κ1) is 68.8. The monoisotopic (exact) mass is 1210 g/mol. The van der Waals surface area contributed by atoms with Gasteiger partial charge in [-0.25, -0.2) is 14.0 Å². The third-order valence-electron chi connectivity index (χ3n) is 16.5. The molecule has 0 aromatic heterocycles.